The Bertz CT molecular complexity index is 654. The monoisotopic (exact) mass is 397 g/mol. The van der Waals surface area contributed by atoms with Crippen LogP contribution in [0.5, 0.6) is 11.5 Å². The van der Waals surface area contributed by atoms with Crippen LogP contribution < -0.4 is 14.8 Å². The first-order chi connectivity index (χ1) is 13.1. The molecule has 2 unspecified atom stereocenters. The molecule has 0 aliphatic heterocycles. The number of nitrogens with one attached hydrogen (secondary N) is 1. The Morgan fingerprint density at radius 2 is 1.82 bits per heavy atom. The van der Waals surface area contributed by atoms with Crippen molar-refractivity contribution in [3.05, 3.63) is 23.8 Å². The number of carbonyl (C=O) groups excluding carboxylic acids is 2. The number of hydrogen-bond donors (Lipinski definition) is 2. The summed E-state index contributed by atoms with van der Waals surface area (Å²) in [5, 5.41) is 12.9. The molecule has 0 radical (unpaired) electrons. The minimum absolute atomic E-state index is 0.117. The van der Waals surface area contributed by atoms with Gasteiger partial charge >= 0.3 is 12.1 Å². The zero-order valence-electron chi connectivity index (χ0n) is 17.4. The van der Waals surface area contributed by atoms with Crippen LogP contribution in [0.1, 0.15) is 40.2 Å². The number of rotatable bonds is 9. The highest BCUT2D eigenvalue weighted by Gasteiger charge is 2.31. The maximum Gasteiger partial charge on any atom is 0.407 e. The van der Waals surface area contributed by atoms with Gasteiger partial charge in [-0.2, -0.15) is 0 Å². The zero-order valence-corrected chi connectivity index (χ0v) is 17.4. The van der Waals surface area contributed by atoms with Gasteiger partial charge in [-0.05, 0) is 58.7 Å². The Morgan fingerprint density at radius 1 is 1.14 bits per heavy atom. The molecule has 8 heteroatoms. The van der Waals surface area contributed by atoms with Gasteiger partial charge in [0, 0.05) is 0 Å². The molecule has 28 heavy (non-hydrogen) atoms. The molecule has 0 bridgehead atoms. The van der Waals surface area contributed by atoms with Crippen molar-refractivity contribution in [2.75, 3.05) is 20.3 Å². The summed E-state index contributed by atoms with van der Waals surface area (Å²) in [6.07, 6.45) is -2.13. The molecule has 0 aliphatic rings. The fourth-order valence-electron chi connectivity index (χ4n) is 2.46. The van der Waals surface area contributed by atoms with E-state index < -0.39 is 29.8 Å². The highest BCUT2D eigenvalue weighted by molar-refractivity contribution is 5.77. The molecule has 0 heterocycles. The Morgan fingerprint density at radius 3 is 2.36 bits per heavy atom. The second kappa shape index (κ2) is 10.8. The van der Waals surface area contributed by atoms with E-state index in [1.54, 1.807) is 45.9 Å². The summed E-state index contributed by atoms with van der Waals surface area (Å²) in [5.74, 6) is 0.277. The van der Waals surface area contributed by atoms with Crippen molar-refractivity contribution in [3.63, 3.8) is 0 Å². The highest BCUT2D eigenvalue weighted by atomic mass is 16.6. The fourth-order valence-corrected chi connectivity index (χ4v) is 2.46. The molecular formula is C20H31NO7. The SMILES string of the molecule is CCOC(=O)C(O)C(Cc1ccc(OC)c(OCC)c1)NC(=O)OC(C)(C)C. The Hall–Kier alpha value is -2.48. The largest absolute Gasteiger partial charge is 0.493 e. The molecule has 0 fully saturated rings. The van der Waals surface area contributed by atoms with E-state index in [0.29, 0.717) is 18.1 Å². The van der Waals surface area contributed by atoms with Gasteiger partial charge in [-0.1, -0.05) is 6.07 Å². The second-order valence-electron chi connectivity index (χ2n) is 7.07. The summed E-state index contributed by atoms with van der Waals surface area (Å²) in [6, 6.07) is 4.28. The van der Waals surface area contributed by atoms with E-state index in [4.69, 9.17) is 18.9 Å². The second-order valence-corrected chi connectivity index (χ2v) is 7.07. The van der Waals surface area contributed by atoms with E-state index in [9.17, 15) is 14.7 Å². The van der Waals surface area contributed by atoms with Crippen LogP contribution in [0.15, 0.2) is 18.2 Å². The van der Waals surface area contributed by atoms with Crippen molar-refractivity contribution in [2.24, 2.45) is 0 Å². The van der Waals surface area contributed by atoms with E-state index in [1.165, 1.54) is 7.11 Å². The summed E-state index contributed by atoms with van der Waals surface area (Å²) in [7, 11) is 1.54. The maximum absolute atomic E-state index is 12.2. The number of aliphatic hydroxyl groups is 1. The molecule has 158 valence electrons. The van der Waals surface area contributed by atoms with Gasteiger partial charge in [0.2, 0.25) is 0 Å². The summed E-state index contributed by atoms with van der Waals surface area (Å²) in [5.41, 5.74) is 0.0137. The minimum Gasteiger partial charge on any atom is -0.493 e. The van der Waals surface area contributed by atoms with Gasteiger partial charge in [-0.15, -0.1) is 0 Å². The fraction of sp³-hybridized carbons (Fsp3) is 0.600. The molecule has 2 N–H and O–H groups in total. The number of ether oxygens (including phenoxy) is 4. The third-order valence-electron chi connectivity index (χ3n) is 3.59. The van der Waals surface area contributed by atoms with E-state index >= 15 is 0 Å². The lowest BCUT2D eigenvalue weighted by molar-refractivity contribution is -0.154. The standard InChI is InChI=1S/C20H31NO7/c1-7-26-16-12-13(9-10-15(16)25-6)11-14(17(22)18(23)27-8-2)21-19(24)28-20(3,4)5/h9-10,12,14,17,22H,7-8,11H2,1-6H3,(H,21,24). The van der Waals surface area contributed by atoms with Crippen LogP contribution in [0.3, 0.4) is 0 Å². The van der Waals surface area contributed by atoms with E-state index in [1.807, 2.05) is 6.92 Å². The van der Waals surface area contributed by atoms with Gasteiger partial charge in [-0.3, -0.25) is 0 Å². The Balaban J connectivity index is 3.05. The highest BCUT2D eigenvalue weighted by Crippen LogP contribution is 2.28. The first-order valence-electron chi connectivity index (χ1n) is 9.25. The lowest BCUT2D eigenvalue weighted by Crippen LogP contribution is -2.50. The minimum atomic E-state index is -1.55. The van der Waals surface area contributed by atoms with Crippen LogP contribution in [0.25, 0.3) is 0 Å². The van der Waals surface area contributed by atoms with Crippen LogP contribution in [-0.4, -0.2) is 55.2 Å². The third kappa shape index (κ3) is 7.64. The molecule has 0 aliphatic carbocycles. The number of methoxy groups -OCH3 is 1. The van der Waals surface area contributed by atoms with Crippen molar-refractivity contribution >= 4 is 12.1 Å². The molecular weight excluding hydrogens is 366 g/mol. The first-order valence-corrected chi connectivity index (χ1v) is 9.25. The van der Waals surface area contributed by atoms with Crippen LogP contribution in [0.4, 0.5) is 4.79 Å². The smallest absolute Gasteiger partial charge is 0.407 e. The van der Waals surface area contributed by atoms with Crippen molar-refractivity contribution in [1.29, 1.82) is 0 Å². The molecule has 0 spiro atoms. The lowest BCUT2D eigenvalue weighted by Gasteiger charge is -2.26. The number of amides is 1. The molecule has 2 atom stereocenters. The maximum atomic E-state index is 12.2. The zero-order chi connectivity index (χ0) is 21.3. The van der Waals surface area contributed by atoms with Crippen molar-refractivity contribution < 1.29 is 33.6 Å². The van der Waals surface area contributed by atoms with Crippen molar-refractivity contribution in [1.82, 2.24) is 5.32 Å². The topological polar surface area (TPSA) is 103 Å². The Labute approximate surface area is 166 Å². The van der Waals surface area contributed by atoms with E-state index in [-0.39, 0.29) is 13.0 Å². The molecule has 1 amide bonds. The third-order valence-corrected chi connectivity index (χ3v) is 3.59. The molecule has 1 rings (SSSR count). The molecule has 0 saturated heterocycles. The molecule has 1 aromatic rings. The van der Waals surface area contributed by atoms with Gasteiger partial charge in [0.05, 0.1) is 26.4 Å². The molecule has 8 nitrogen and oxygen atoms in total. The lowest BCUT2D eigenvalue weighted by atomic mass is 10.0. The quantitative estimate of drug-likeness (QED) is 0.617. The van der Waals surface area contributed by atoms with Gasteiger partial charge in [0.15, 0.2) is 17.6 Å². The number of esters is 1. The predicted octanol–water partition coefficient (Wildman–Crippen LogP) is 2.45. The summed E-state index contributed by atoms with van der Waals surface area (Å²) in [6.45, 7) is 9.22. The predicted molar refractivity (Wildman–Crippen MR) is 104 cm³/mol. The van der Waals surface area contributed by atoms with Crippen LogP contribution >= 0.6 is 0 Å². The van der Waals surface area contributed by atoms with Crippen LogP contribution in [0.2, 0.25) is 0 Å². The molecule has 0 saturated carbocycles. The average Bonchev–Trinajstić information content (AvgIpc) is 2.59. The average molecular weight is 397 g/mol. The van der Waals surface area contributed by atoms with Crippen LogP contribution in [0, 0.1) is 0 Å². The van der Waals surface area contributed by atoms with Gasteiger partial charge in [-0.25, -0.2) is 9.59 Å². The number of alkyl carbamates (subject to hydrolysis) is 1. The Kier molecular flexibility index (Phi) is 9.05. The number of benzene rings is 1. The van der Waals surface area contributed by atoms with Gasteiger partial charge < -0.3 is 29.4 Å². The van der Waals surface area contributed by atoms with Crippen LogP contribution in [-0.2, 0) is 20.7 Å². The van der Waals surface area contributed by atoms with Gasteiger partial charge in [0.1, 0.15) is 5.60 Å². The van der Waals surface area contributed by atoms with Crippen molar-refractivity contribution in [2.45, 2.75) is 58.8 Å². The summed E-state index contributed by atoms with van der Waals surface area (Å²) >= 11 is 0. The normalized spacial score (nSPS) is 13.2. The molecule has 0 aromatic heterocycles. The molecule has 1 aromatic carbocycles. The number of carbonyl (C=O) groups is 2. The number of aliphatic hydroxyl groups excluding tert-OH is 1. The first kappa shape index (κ1) is 23.6. The van der Waals surface area contributed by atoms with E-state index in [2.05, 4.69) is 5.32 Å². The summed E-state index contributed by atoms with van der Waals surface area (Å²) < 4.78 is 20.9. The number of hydrogen-bond acceptors (Lipinski definition) is 7. The van der Waals surface area contributed by atoms with Gasteiger partial charge in [0.25, 0.3) is 0 Å². The summed E-state index contributed by atoms with van der Waals surface area (Å²) in [4.78, 5) is 24.2. The van der Waals surface area contributed by atoms with E-state index in [0.717, 1.165) is 5.56 Å². The van der Waals surface area contributed by atoms with Crippen molar-refractivity contribution in [3.8, 4) is 11.5 Å².